The summed E-state index contributed by atoms with van der Waals surface area (Å²) in [6, 6.07) is 5.73. The first-order chi connectivity index (χ1) is 19.3. The van der Waals surface area contributed by atoms with E-state index in [1.165, 1.54) is 12.8 Å². The van der Waals surface area contributed by atoms with Crippen LogP contribution in [0.25, 0.3) is 0 Å². The van der Waals surface area contributed by atoms with Crippen LogP contribution in [0.5, 0.6) is 5.75 Å². The molecule has 2 aromatic rings. The van der Waals surface area contributed by atoms with Crippen molar-refractivity contribution in [1.29, 1.82) is 0 Å². The number of anilines is 4. The fourth-order valence-corrected chi connectivity index (χ4v) is 6.56. The number of aromatic nitrogens is 2. The van der Waals surface area contributed by atoms with Gasteiger partial charge in [0.1, 0.15) is 11.4 Å². The van der Waals surface area contributed by atoms with Crippen LogP contribution in [0.4, 0.5) is 23.1 Å². The lowest BCUT2D eigenvalue weighted by Crippen LogP contribution is -2.47. The molecule has 1 aliphatic heterocycles. The average molecular weight is 551 g/mol. The monoisotopic (exact) mass is 550 g/mol. The van der Waals surface area contributed by atoms with Crippen molar-refractivity contribution in [2.45, 2.75) is 95.9 Å². The number of hydrogen-bond donors (Lipinski definition) is 3. The molecule has 3 aliphatic rings. The van der Waals surface area contributed by atoms with E-state index < -0.39 is 0 Å². The van der Waals surface area contributed by atoms with E-state index in [-0.39, 0.29) is 35.9 Å². The molecule has 40 heavy (non-hydrogen) atoms. The Labute approximate surface area is 236 Å². The summed E-state index contributed by atoms with van der Waals surface area (Å²) in [4.78, 5) is 39.8. The molecule has 0 bridgehead atoms. The topological polar surface area (TPSA) is 120 Å². The van der Waals surface area contributed by atoms with Crippen LogP contribution in [0, 0.1) is 5.92 Å². The molecule has 2 heterocycles. The molecular formula is C30H42N6O4. The summed E-state index contributed by atoms with van der Waals surface area (Å²) in [6.45, 7) is 4.16. The number of carbonyl (C=O) groups is 2. The lowest BCUT2D eigenvalue weighted by molar-refractivity contribution is -0.122. The number of carbonyl (C=O) groups excluding carboxylic acids is 2. The number of hydrogen-bond acceptors (Lipinski definition) is 8. The fraction of sp³-hybridized carbons (Fsp3) is 0.600. The van der Waals surface area contributed by atoms with Crippen LogP contribution in [0.3, 0.4) is 0 Å². The molecule has 0 spiro atoms. The van der Waals surface area contributed by atoms with Crippen molar-refractivity contribution >= 4 is 35.0 Å². The van der Waals surface area contributed by atoms with E-state index in [0.29, 0.717) is 41.8 Å². The average Bonchev–Trinajstić information content (AvgIpc) is 3.48. The van der Waals surface area contributed by atoms with Crippen LogP contribution in [0.1, 0.15) is 82.0 Å². The normalized spacial score (nSPS) is 25.4. The second-order valence-corrected chi connectivity index (χ2v) is 11.4. The second kappa shape index (κ2) is 12.0. The van der Waals surface area contributed by atoms with Crippen molar-refractivity contribution in [2.24, 2.45) is 5.92 Å². The zero-order valence-electron chi connectivity index (χ0n) is 24.0. The molecule has 10 nitrogen and oxygen atoms in total. The van der Waals surface area contributed by atoms with Gasteiger partial charge in [-0.25, -0.2) is 4.98 Å². The predicted octanol–water partition coefficient (Wildman–Crippen LogP) is 4.40. The van der Waals surface area contributed by atoms with Crippen LogP contribution < -0.4 is 25.2 Å². The summed E-state index contributed by atoms with van der Waals surface area (Å²) in [5.41, 5.74) is 1.87. The quantitative estimate of drug-likeness (QED) is 0.464. The molecule has 1 aromatic heterocycles. The molecule has 2 atom stereocenters. The number of aliphatic hydroxyl groups excluding tert-OH is 1. The first kappa shape index (κ1) is 28.1. The van der Waals surface area contributed by atoms with Crippen LogP contribution in [-0.4, -0.2) is 65.3 Å². The highest BCUT2D eigenvalue weighted by Gasteiger charge is 2.41. The third-order valence-electron chi connectivity index (χ3n) is 8.89. The third-order valence-corrected chi connectivity index (χ3v) is 8.89. The number of aliphatic hydroxyl groups is 1. The summed E-state index contributed by atoms with van der Waals surface area (Å²) in [5, 5.41) is 16.1. The molecule has 10 heteroatoms. The molecule has 5 rings (SSSR count). The third kappa shape index (κ3) is 5.59. The molecule has 2 aliphatic carbocycles. The Morgan fingerprint density at radius 2 is 1.88 bits per heavy atom. The Bertz CT molecular complexity index is 1220. The van der Waals surface area contributed by atoms with Gasteiger partial charge < -0.3 is 30.3 Å². The maximum Gasteiger partial charge on any atom is 0.251 e. The van der Waals surface area contributed by atoms with Gasteiger partial charge in [-0.2, -0.15) is 4.98 Å². The van der Waals surface area contributed by atoms with Gasteiger partial charge in [-0.15, -0.1) is 0 Å². The molecule has 0 saturated heterocycles. The summed E-state index contributed by atoms with van der Waals surface area (Å²) in [5.74, 6) is 1.46. The van der Waals surface area contributed by atoms with Gasteiger partial charge in [0, 0.05) is 30.7 Å². The fourth-order valence-electron chi connectivity index (χ4n) is 6.56. The van der Waals surface area contributed by atoms with Crippen LogP contribution in [0.2, 0.25) is 0 Å². The second-order valence-electron chi connectivity index (χ2n) is 11.4. The van der Waals surface area contributed by atoms with Gasteiger partial charge in [0.2, 0.25) is 11.9 Å². The summed E-state index contributed by atoms with van der Waals surface area (Å²) >= 11 is 0. The van der Waals surface area contributed by atoms with Crippen molar-refractivity contribution in [3.05, 3.63) is 30.0 Å². The Kier molecular flexibility index (Phi) is 8.44. The largest absolute Gasteiger partial charge is 0.495 e. The van der Waals surface area contributed by atoms with Gasteiger partial charge in [0.25, 0.3) is 5.91 Å². The molecule has 2 saturated carbocycles. The van der Waals surface area contributed by atoms with Gasteiger partial charge in [0.15, 0.2) is 5.82 Å². The number of rotatable bonds is 7. The standard InChI is InChI=1S/C30H42N6O4/c1-5-24-18(2)29(39)35(3)25-17-31-30(34-27(25)36(24)21-8-6-7-9-21)33-23-15-10-19(16-26(23)40-4)28(38)32-20-11-13-22(37)14-12-20/h10,15-18,20-22,24,37H,5-9,11-14H2,1-4H3,(H,32,38)(H,31,33,34)/t18-,20?,22?,24+/m0/s1. The van der Waals surface area contributed by atoms with Crippen molar-refractivity contribution < 1.29 is 19.4 Å². The first-order valence-corrected chi connectivity index (χ1v) is 14.7. The van der Waals surface area contributed by atoms with E-state index in [2.05, 4.69) is 27.4 Å². The zero-order valence-corrected chi connectivity index (χ0v) is 24.0. The van der Waals surface area contributed by atoms with Gasteiger partial charge in [0.05, 0.1) is 31.0 Å². The Hall–Kier alpha value is -3.40. The van der Waals surface area contributed by atoms with E-state index >= 15 is 0 Å². The van der Waals surface area contributed by atoms with E-state index in [1.54, 1.807) is 43.5 Å². The Morgan fingerprint density at radius 3 is 2.55 bits per heavy atom. The SMILES string of the molecule is CC[C@@H]1[C@H](C)C(=O)N(C)c2cnc(Nc3ccc(C(=O)NC4CCC(O)CC4)cc3OC)nc2N1C1CCCC1. The highest BCUT2D eigenvalue weighted by molar-refractivity contribution is 5.99. The highest BCUT2D eigenvalue weighted by atomic mass is 16.5. The van der Waals surface area contributed by atoms with Crippen LogP contribution in [-0.2, 0) is 4.79 Å². The molecule has 1 aromatic carbocycles. The van der Waals surface area contributed by atoms with Crippen molar-refractivity contribution in [2.75, 3.05) is 29.3 Å². The Morgan fingerprint density at radius 1 is 1.15 bits per heavy atom. The summed E-state index contributed by atoms with van der Waals surface area (Å²) in [7, 11) is 3.37. The maximum atomic E-state index is 13.3. The number of nitrogens with zero attached hydrogens (tertiary/aromatic N) is 4. The number of amides is 2. The maximum absolute atomic E-state index is 13.3. The number of ether oxygens (including phenoxy) is 1. The van der Waals surface area contributed by atoms with Crippen molar-refractivity contribution in [3.63, 3.8) is 0 Å². The van der Waals surface area contributed by atoms with Gasteiger partial charge in [-0.3, -0.25) is 9.59 Å². The number of fused-ring (bicyclic) bond motifs is 1. The lowest BCUT2D eigenvalue weighted by atomic mass is 9.93. The van der Waals surface area contributed by atoms with E-state index in [4.69, 9.17) is 9.72 Å². The zero-order chi connectivity index (χ0) is 28.4. The van der Waals surface area contributed by atoms with Crippen LogP contribution >= 0.6 is 0 Å². The molecule has 0 radical (unpaired) electrons. The minimum Gasteiger partial charge on any atom is -0.495 e. The van der Waals surface area contributed by atoms with Gasteiger partial charge in [-0.05, 0) is 63.1 Å². The molecular weight excluding hydrogens is 508 g/mol. The number of nitrogens with one attached hydrogen (secondary N) is 2. The predicted molar refractivity (Wildman–Crippen MR) is 155 cm³/mol. The molecule has 0 unspecified atom stereocenters. The van der Waals surface area contributed by atoms with Crippen molar-refractivity contribution in [3.8, 4) is 5.75 Å². The number of benzene rings is 1. The Balaban J connectivity index is 1.41. The lowest BCUT2D eigenvalue weighted by Gasteiger charge is -2.38. The summed E-state index contributed by atoms with van der Waals surface area (Å²) < 4.78 is 5.63. The number of methoxy groups -OCH3 is 1. The molecule has 216 valence electrons. The minimum absolute atomic E-state index is 0.0572. The smallest absolute Gasteiger partial charge is 0.251 e. The summed E-state index contributed by atoms with van der Waals surface area (Å²) in [6.07, 6.45) is 9.81. The molecule has 3 N–H and O–H groups in total. The van der Waals surface area contributed by atoms with Crippen LogP contribution in [0.15, 0.2) is 24.4 Å². The van der Waals surface area contributed by atoms with Crippen molar-refractivity contribution in [1.82, 2.24) is 15.3 Å². The molecule has 2 fully saturated rings. The van der Waals surface area contributed by atoms with Gasteiger partial charge >= 0.3 is 0 Å². The molecule has 2 amide bonds. The van der Waals surface area contributed by atoms with E-state index in [9.17, 15) is 14.7 Å². The highest BCUT2D eigenvalue weighted by Crippen LogP contribution is 2.41. The first-order valence-electron chi connectivity index (χ1n) is 14.7. The van der Waals surface area contributed by atoms with Gasteiger partial charge in [-0.1, -0.05) is 26.7 Å². The van der Waals surface area contributed by atoms with E-state index in [0.717, 1.165) is 43.6 Å². The minimum atomic E-state index is -0.267. The van der Waals surface area contributed by atoms with E-state index in [1.807, 2.05) is 6.92 Å².